The van der Waals surface area contributed by atoms with Crippen molar-refractivity contribution in [2.45, 2.75) is 6.54 Å². The molecule has 0 spiro atoms. The second kappa shape index (κ2) is 7.06. The number of amides is 1. The molecule has 6 nitrogen and oxygen atoms in total. The Kier molecular flexibility index (Phi) is 4.68. The lowest BCUT2D eigenvalue weighted by atomic mass is 10.2. The molecule has 0 radical (unpaired) electrons. The third-order valence-corrected chi connectivity index (χ3v) is 3.50. The first-order chi connectivity index (χ1) is 11.2. The van der Waals surface area contributed by atoms with Gasteiger partial charge in [-0.15, -0.1) is 0 Å². The van der Waals surface area contributed by atoms with E-state index in [2.05, 4.69) is 31.6 Å². The number of nitrogens with zero attached hydrogens (tertiary/aromatic N) is 3. The van der Waals surface area contributed by atoms with E-state index in [0.717, 1.165) is 10.0 Å². The molecule has 3 aromatic rings. The van der Waals surface area contributed by atoms with E-state index in [4.69, 9.17) is 4.42 Å². The molecular formula is C16H13BrN4O2. The van der Waals surface area contributed by atoms with Crippen LogP contribution in [0.2, 0.25) is 0 Å². The van der Waals surface area contributed by atoms with Crippen LogP contribution in [0.5, 0.6) is 0 Å². The Labute approximate surface area is 140 Å². The first-order valence-electron chi connectivity index (χ1n) is 6.85. The number of aromatic nitrogens is 2. The first kappa shape index (κ1) is 15.2. The zero-order valence-electron chi connectivity index (χ0n) is 12.0. The molecule has 0 saturated carbocycles. The van der Waals surface area contributed by atoms with Crippen LogP contribution < -0.4 is 5.43 Å². The van der Waals surface area contributed by atoms with Crippen molar-refractivity contribution in [3.63, 3.8) is 0 Å². The maximum Gasteiger partial charge on any atom is 0.291 e. The molecule has 1 N–H and O–H groups in total. The van der Waals surface area contributed by atoms with Gasteiger partial charge in [0.2, 0.25) is 0 Å². The zero-order chi connectivity index (χ0) is 16.1. The number of hydrogen-bond acceptors (Lipinski definition) is 4. The highest BCUT2D eigenvalue weighted by Gasteiger charge is 2.08. The summed E-state index contributed by atoms with van der Waals surface area (Å²) < 4.78 is 7.79. The minimum atomic E-state index is -0.374. The van der Waals surface area contributed by atoms with Crippen molar-refractivity contribution in [3.05, 3.63) is 76.4 Å². The molecule has 0 aliphatic rings. The summed E-state index contributed by atoms with van der Waals surface area (Å²) in [6.07, 6.45) is 4.72. The van der Waals surface area contributed by atoms with Crippen LogP contribution in [-0.2, 0) is 6.54 Å². The number of carbonyl (C=O) groups excluding carboxylic acids is 1. The maximum absolute atomic E-state index is 12.0. The summed E-state index contributed by atoms with van der Waals surface area (Å²) in [4.78, 5) is 12.0. The molecule has 0 unspecified atom stereocenters. The number of furan rings is 1. The van der Waals surface area contributed by atoms with Gasteiger partial charge in [0.05, 0.1) is 19.0 Å². The Morgan fingerprint density at radius 1 is 1.35 bits per heavy atom. The highest BCUT2D eigenvalue weighted by Crippen LogP contribution is 2.12. The number of hydrogen-bond donors (Lipinski definition) is 1. The normalized spacial score (nSPS) is 11.0. The average molecular weight is 373 g/mol. The van der Waals surface area contributed by atoms with E-state index in [1.807, 2.05) is 24.3 Å². The van der Waals surface area contributed by atoms with Crippen LogP contribution in [-0.4, -0.2) is 21.9 Å². The van der Waals surface area contributed by atoms with E-state index < -0.39 is 0 Å². The molecular weight excluding hydrogens is 360 g/mol. The molecule has 23 heavy (non-hydrogen) atoms. The van der Waals surface area contributed by atoms with Crippen molar-refractivity contribution in [1.82, 2.24) is 15.2 Å². The maximum atomic E-state index is 12.0. The summed E-state index contributed by atoms with van der Waals surface area (Å²) in [6, 6.07) is 13.1. The van der Waals surface area contributed by atoms with Crippen molar-refractivity contribution in [2.24, 2.45) is 5.10 Å². The van der Waals surface area contributed by atoms with Gasteiger partial charge in [0, 0.05) is 10.7 Å². The number of hydrazone groups is 1. The number of halogens is 1. The number of carbonyl (C=O) groups is 1. The van der Waals surface area contributed by atoms with Crippen LogP contribution in [0.4, 0.5) is 0 Å². The predicted octanol–water partition coefficient (Wildman–Crippen LogP) is 3.05. The van der Waals surface area contributed by atoms with Crippen molar-refractivity contribution in [1.29, 1.82) is 0 Å². The third-order valence-electron chi connectivity index (χ3n) is 3.01. The molecule has 0 fully saturated rings. The van der Waals surface area contributed by atoms with Crippen LogP contribution in [0, 0.1) is 0 Å². The SMILES string of the molecule is O=C(NN=Cc1ccco1)c1ccn(Cc2cccc(Br)c2)n1. The summed E-state index contributed by atoms with van der Waals surface area (Å²) in [7, 11) is 0. The third kappa shape index (κ3) is 4.17. The molecule has 0 saturated heterocycles. The van der Waals surface area contributed by atoms with E-state index in [-0.39, 0.29) is 5.91 Å². The van der Waals surface area contributed by atoms with E-state index in [1.165, 1.54) is 12.5 Å². The molecule has 116 valence electrons. The van der Waals surface area contributed by atoms with Gasteiger partial charge in [-0.25, -0.2) is 5.43 Å². The fourth-order valence-corrected chi connectivity index (χ4v) is 2.42. The van der Waals surface area contributed by atoms with Gasteiger partial charge in [0.15, 0.2) is 5.69 Å². The summed E-state index contributed by atoms with van der Waals surface area (Å²) in [6.45, 7) is 0.586. The lowest BCUT2D eigenvalue weighted by molar-refractivity contribution is 0.0949. The molecule has 0 aliphatic carbocycles. The zero-order valence-corrected chi connectivity index (χ0v) is 13.6. The van der Waals surface area contributed by atoms with Crippen molar-refractivity contribution in [3.8, 4) is 0 Å². The fraction of sp³-hybridized carbons (Fsp3) is 0.0625. The van der Waals surface area contributed by atoms with Crippen LogP contribution in [0.15, 0.2) is 68.9 Å². The Morgan fingerprint density at radius 3 is 3.04 bits per heavy atom. The van der Waals surface area contributed by atoms with Crippen molar-refractivity contribution < 1.29 is 9.21 Å². The van der Waals surface area contributed by atoms with E-state index >= 15 is 0 Å². The Hall–Kier alpha value is -2.67. The Balaban J connectivity index is 1.61. The van der Waals surface area contributed by atoms with Gasteiger partial charge in [-0.05, 0) is 35.9 Å². The highest BCUT2D eigenvalue weighted by atomic mass is 79.9. The average Bonchev–Trinajstić information content (AvgIpc) is 3.19. The Morgan fingerprint density at radius 2 is 2.26 bits per heavy atom. The molecule has 3 rings (SSSR count). The molecule has 2 heterocycles. The van der Waals surface area contributed by atoms with Gasteiger partial charge >= 0.3 is 0 Å². The molecule has 2 aromatic heterocycles. The fourth-order valence-electron chi connectivity index (χ4n) is 1.97. The number of benzene rings is 1. The summed E-state index contributed by atoms with van der Waals surface area (Å²) in [5, 5.41) is 8.06. The van der Waals surface area contributed by atoms with Crippen LogP contribution in [0.1, 0.15) is 21.8 Å². The van der Waals surface area contributed by atoms with Gasteiger partial charge < -0.3 is 4.42 Å². The van der Waals surface area contributed by atoms with Gasteiger partial charge in [0.25, 0.3) is 5.91 Å². The molecule has 0 aliphatic heterocycles. The van der Waals surface area contributed by atoms with Crippen LogP contribution in [0.3, 0.4) is 0 Å². The lowest BCUT2D eigenvalue weighted by Gasteiger charge is -2.02. The van der Waals surface area contributed by atoms with E-state index in [0.29, 0.717) is 18.0 Å². The molecule has 7 heteroatoms. The molecule has 0 atom stereocenters. The van der Waals surface area contributed by atoms with Crippen molar-refractivity contribution >= 4 is 28.1 Å². The van der Waals surface area contributed by atoms with Crippen LogP contribution in [0.25, 0.3) is 0 Å². The number of nitrogens with one attached hydrogen (secondary N) is 1. The lowest BCUT2D eigenvalue weighted by Crippen LogP contribution is -2.18. The first-order valence-corrected chi connectivity index (χ1v) is 7.65. The minimum Gasteiger partial charge on any atom is -0.463 e. The summed E-state index contributed by atoms with van der Waals surface area (Å²) in [5.74, 6) is 0.186. The van der Waals surface area contributed by atoms with Crippen molar-refractivity contribution in [2.75, 3.05) is 0 Å². The second-order valence-electron chi connectivity index (χ2n) is 4.74. The van der Waals surface area contributed by atoms with Crippen LogP contribution >= 0.6 is 15.9 Å². The second-order valence-corrected chi connectivity index (χ2v) is 5.66. The van der Waals surface area contributed by atoms with Gasteiger partial charge in [-0.1, -0.05) is 28.1 Å². The monoisotopic (exact) mass is 372 g/mol. The molecule has 1 aromatic carbocycles. The minimum absolute atomic E-state index is 0.302. The smallest absolute Gasteiger partial charge is 0.291 e. The molecule has 1 amide bonds. The van der Waals surface area contributed by atoms with Gasteiger partial charge in [-0.2, -0.15) is 10.2 Å². The standard InChI is InChI=1S/C16H13BrN4O2/c17-13-4-1-3-12(9-13)11-21-7-6-15(20-21)16(22)19-18-10-14-5-2-8-23-14/h1-10H,11H2,(H,19,22). The van der Waals surface area contributed by atoms with E-state index in [9.17, 15) is 4.79 Å². The predicted molar refractivity (Wildman–Crippen MR) is 89.2 cm³/mol. The summed E-state index contributed by atoms with van der Waals surface area (Å²) >= 11 is 3.43. The number of rotatable bonds is 5. The molecule has 0 bridgehead atoms. The quantitative estimate of drug-likeness (QED) is 0.552. The van der Waals surface area contributed by atoms with E-state index in [1.54, 1.807) is 29.1 Å². The Bertz CT molecular complexity index is 824. The largest absolute Gasteiger partial charge is 0.463 e. The van der Waals surface area contributed by atoms with Gasteiger partial charge in [-0.3, -0.25) is 9.48 Å². The topological polar surface area (TPSA) is 72.4 Å². The van der Waals surface area contributed by atoms with Gasteiger partial charge in [0.1, 0.15) is 5.76 Å². The highest BCUT2D eigenvalue weighted by molar-refractivity contribution is 9.10. The summed E-state index contributed by atoms with van der Waals surface area (Å²) in [5.41, 5.74) is 3.80.